The first kappa shape index (κ1) is 8.87. The summed E-state index contributed by atoms with van der Waals surface area (Å²) in [5, 5.41) is 1.34. The van der Waals surface area contributed by atoms with Crippen LogP contribution in [0.2, 0.25) is 5.32 Å². The molecular formula is C7H8Se3. The van der Waals surface area contributed by atoms with Crippen molar-refractivity contribution in [2.75, 3.05) is 0 Å². The molecule has 0 saturated heterocycles. The summed E-state index contributed by atoms with van der Waals surface area (Å²) < 4.78 is 0. The van der Waals surface area contributed by atoms with Crippen LogP contribution in [0.5, 0.6) is 0 Å². The fraction of sp³-hybridized carbons (Fsp3) is 0.143. The van der Waals surface area contributed by atoms with Crippen LogP contribution in [0.1, 0.15) is 0 Å². The van der Waals surface area contributed by atoms with E-state index in [1.54, 1.807) is 0 Å². The van der Waals surface area contributed by atoms with Gasteiger partial charge in [0.25, 0.3) is 0 Å². The third-order valence-corrected chi connectivity index (χ3v) is 17.0. The van der Waals surface area contributed by atoms with E-state index in [1.165, 1.54) is 5.32 Å². The van der Waals surface area contributed by atoms with Crippen molar-refractivity contribution in [3.8, 4) is 0 Å². The molecule has 1 aliphatic heterocycles. The van der Waals surface area contributed by atoms with Gasteiger partial charge in [0.1, 0.15) is 0 Å². The number of allylic oxidation sites excluding steroid dienone is 5. The second-order valence-corrected chi connectivity index (χ2v) is 17.9. The molecule has 0 saturated carbocycles. The van der Waals surface area contributed by atoms with Crippen molar-refractivity contribution in [3.63, 3.8) is 0 Å². The van der Waals surface area contributed by atoms with E-state index < -0.39 is 0 Å². The van der Waals surface area contributed by atoms with Gasteiger partial charge in [0, 0.05) is 0 Å². The van der Waals surface area contributed by atoms with Gasteiger partial charge in [-0.3, -0.25) is 0 Å². The van der Waals surface area contributed by atoms with Gasteiger partial charge >= 0.3 is 78.2 Å². The molecule has 0 amide bonds. The number of hydrogen-bond acceptors (Lipinski definition) is 0. The van der Waals surface area contributed by atoms with E-state index >= 15 is 0 Å². The molecule has 0 aromatic carbocycles. The zero-order valence-corrected chi connectivity index (χ0v) is 10.5. The Labute approximate surface area is 77.8 Å². The molecule has 1 heterocycles. The van der Waals surface area contributed by atoms with Crippen LogP contribution < -0.4 is 0 Å². The van der Waals surface area contributed by atoms with Crippen LogP contribution in [0.3, 0.4) is 0 Å². The van der Waals surface area contributed by atoms with Gasteiger partial charge in [-0.15, -0.1) is 0 Å². The van der Waals surface area contributed by atoms with E-state index in [2.05, 4.69) is 35.4 Å². The standard InChI is InChI=1S/C7H8Se3/c1-2-4-6-8-10-9-7-5-3-1/h1-6H,7H2/b2-1?,5-3+,6-4?. The van der Waals surface area contributed by atoms with Gasteiger partial charge in [0.05, 0.1) is 0 Å². The topological polar surface area (TPSA) is 0 Å². The van der Waals surface area contributed by atoms with Crippen LogP contribution in [0.25, 0.3) is 0 Å². The van der Waals surface area contributed by atoms with Gasteiger partial charge in [-0.1, -0.05) is 0 Å². The van der Waals surface area contributed by atoms with Crippen molar-refractivity contribution in [1.29, 1.82) is 0 Å². The first-order chi connectivity index (χ1) is 5.00. The molecule has 0 aromatic heterocycles. The van der Waals surface area contributed by atoms with E-state index in [1.807, 2.05) is 0 Å². The molecule has 0 spiro atoms. The van der Waals surface area contributed by atoms with Gasteiger partial charge in [-0.05, 0) is 0 Å². The Kier molecular flexibility index (Phi) is 5.75. The van der Waals surface area contributed by atoms with Gasteiger partial charge < -0.3 is 0 Å². The van der Waals surface area contributed by atoms with Crippen molar-refractivity contribution in [3.05, 3.63) is 35.4 Å². The fourth-order valence-electron chi connectivity index (χ4n) is 0.457. The van der Waals surface area contributed by atoms with Gasteiger partial charge in [0.2, 0.25) is 0 Å². The number of hydrogen-bond donors (Lipinski definition) is 0. The Morgan fingerprint density at radius 3 is 2.90 bits per heavy atom. The van der Waals surface area contributed by atoms with Crippen LogP contribution in [-0.2, 0) is 0 Å². The molecule has 3 heteroatoms. The van der Waals surface area contributed by atoms with Gasteiger partial charge in [-0.2, -0.15) is 0 Å². The summed E-state index contributed by atoms with van der Waals surface area (Å²) in [5.41, 5.74) is 0. The minimum absolute atomic E-state index is 0.836. The van der Waals surface area contributed by atoms with Gasteiger partial charge in [-0.25, -0.2) is 0 Å². The first-order valence-corrected chi connectivity index (χ1v) is 13.8. The van der Waals surface area contributed by atoms with Crippen molar-refractivity contribution in [1.82, 2.24) is 0 Å². The quantitative estimate of drug-likeness (QED) is 0.582. The van der Waals surface area contributed by atoms with E-state index in [4.69, 9.17) is 0 Å². The zero-order valence-electron chi connectivity index (χ0n) is 5.40. The van der Waals surface area contributed by atoms with E-state index in [0.29, 0.717) is 0 Å². The van der Waals surface area contributed by atoms with Crippen molar-refractivity contribution >= 4 is 37.6 Å². The summed E-state index contributed by atoms with van der Waals surface area (Å²) in [6, 6.07) is 0. The molecule has 10 heavy (non-hydrogen) atoms. The summed E-state index contributed by atoms with van der Waals surface area (Å²) in [6.45, 7) is 0. The zero-order chi connectivity index (χ0) is 7.07. The Morgan fingerprint density at radius 2 is 1.90 bits per heavy atom. The average Bonchev–Trinajstić information content (AvgIpc) is 2.01. The molecular weight excluding hydrogens is 321 g/mol. The summed E-state index contributed by atoms with van der Waals surface area (Å²) in [7, 11) is 0. The summed E-state index contributed by atoms with van der Waals surface area (Å²) in [5.74, 6) is 0. The molecule has 0 fully saturated rings. The normalized spacial score (nSPS) is 22.4. The first-order valence-electron chi connectivity index (χ1n) is 2.93. The Balaban J connectivity index is 2.40. The maximum absolute atomic E-state index is 2.34. The molecule has 0 bridgehead atoms. The SMILES string of the molecule is C1=C/C=C/C[Se][Se][Se]C=C1. The van der Waals surface area contributed by atoms with Crippen LogP contribution in [0.4, 0.5) is 0 Å². The van der Waals surface area contributed by atoms with E-state index in [-0.39, 0.29) is 0 Å². The Hall–Kier alpha value is 0.778. The molecule has 1 rings (SSSR count). The molecule has 0 aromatic rings. The Morgan fingerprint density at radius 1 is 1.00 bits per heavy atom. The fourth-order valence-corrected chi connectivity index (χ4v) is 13.6. The average molecular weight is 329 g/mol. The molecule has 0 N–H and O–H groups in total. The van der Waals surface area contributed by atoms with Crippen LogP contribution >= 0.6 is 0 Å². The van der Waals surface area contributed by atoms with Crippen LogP contribution in [0, 0.1) is 0 Å². The second kappa shape index (κ2) is 6.49. The van der Waals surface area contributed by atoms with Crippen LogP contribution in [0.15, 0.2) is 35.4 Å². The summed E-state index contributed by atoms with van der Waals surface area (Å²) in [6.07, 6.45) is 10.8. The van der Waals surface area contributed by atoms with Crippen molar-refractivity contribution in [2.24, 2.45) is 0 Å². The predicted molar refractivity (Wildman–Crippen MR) is 49.5 cm³/mol. The van der Waals surface area contributed by atoms with Crippen molar-refractivity contribution in [2.45, 2.75) is 5.32 Å². The Bertz CT molecular complexity index is 140. The monoisotopic (exact) mass is 332 g/mol. The van der Waals surface area contributed by atoms with Gasteiger partial charge in [0.15, 0.2) is 0 Å². The third-order valence-electron chi connectivity index (χ3n) is 0.855. The third kappa shape index (κ3) is 4.57. The van der Waals surface area contributed by atoms with Crippen molar-refractivity contribution < 1.29 is 0 Å². The van der Waals surface area contributed by atoms with Crippen LogP contribution in [-0.4, -0.2) is 37.6 Å². The molecule has 0 atom stereocenters. The van der Waals surface area contributed by atoms with E-state index in [9.17, 15) is 0 Å². The summed E-state index contributed by atoms with van der Waals surface area (Å²) >= 11 is 2.73. The second-order valence-electron chi connectivity index (χ2n) is 1.59. The maximum atomic E-state index is 2.34. The number of rotatable bonds is 0. The minimum atomic E-state index is 0.836. The van der Waals surface area contributed by atoms with E-state index in [0.717, 1.165) is 37.6 Å². The molecule has 1 aliphatic rings. The predicted octanol–water partition coefficient (Wildman–Crippen LogP) is 0.987. The molecule has 0 unspecified atom stereocenters. The molecule has 0 aliphatic carbocycles. The molecule has 0 nitrogen and oxygen atoms in total. The molecule has 54 valence electrons. The molecule has 0 radical (unpaired) electrons. The summed E-state index contributed by atoms with van der Waals surface area (Å²) in [4.78, 5) is 2.34.